The molecule has 4 heteroatoms. The van der Waals surface area contributed by atoms with Crippen molar-refractivity contribution in [2.24, 2.45) is 0 Å². The van der Waals surface area contributed by atoms with Gasteiger partial charge in [-0.15, -0.1) is 0 Å². The van der Waals surface area contributed by atoms with Gasteiger partial charge < -0.3 is 14.1 Å². The van der Waals surface area contributed by atoms with Gasteiger partial charge in [0.15, 0.2) is 0 Å². The number of hydrogen-bond donors (Lipinski definition) is 0. The van der Waals surface area contributed by atoms with Gasteiger partial charge in [0, 0.05) is 12.2 Å². The van der Waals surface area contributed by atoms with Crippen LogP contribution in [-0.4, -0.2) is 24.1 Å². The monoisotopic (exact) mass is 254 g/mol. The molecule has 1 atom stereocenters. The predicted octanol–water partition coefficient (Wildman–Crippen LogP) is 3.62. The Morgan fingerprint density at radius 3 is 2.06 bits per heavy atom. The summed E-state index contributed by atoms with van der Waals surface area (Å²) in [5.41, 5.74) is -0.613. The standard InChI is InChI=1S/C14H27BO3/c1-7-8-9-12(10-11(2)16)15-17-13(3,4)14(5,6)18-15/h12H,7-10H2,1-6H3. The Kier molecular flexibility index (Phi) is 5.01. The third kappa shape index (κ3) is 3.58. The molecule has 1 aliphatic heterocycles. The zero-order valence-corrected chi connectivity index (χ0v) is 12.7. The molecule has 3 nitrogen and oxygen atoms in total. The molecule has 0 aromatic heterocycles. The quantitative estimate of drug-likeness (QED) is 0.679. The molecule has 1 aliphatic rings. The Morgan fingerprint density at radius 2 is 1.67 bits per heavy atom. The van der Waals surface area contributed by atoms with Gasteiger partial charge in [-0.05, 0) is 34.6 Å². The summed E-state index contributed by atoms with van der Waals surface area (Å²) in [6.45, 7) is 12.0. The molecular formula is C14H27BO3. The van der Waals surface area contributed by atoms with Gasteiger partial charge in [-0.3, -0.25) is 0 Å². The highest BCUT2D eigenvalue weighted by atomic mass is 16.7. The van der Waals surface area contributed by atoms with Crippen LogP contribution in [0.25, 0.3) is 0 Å². The highest BCUT2D eigenvalue weighted by Crippen LogP contribution is 2.42. The van der Waals surface area contributed by atoms with Crippen LogP contribution < -0.4 is 0 Å². The van der Waals surface area contributed by atoms with Gasteiger partial charge in [0.05, 0.1) is 11.2 Å². The molecule has 1 heterocycles. The summed E-state index contributed by atoms with van der Waals surface area (Å²) in [6, 6.07) is 0. The molecule has 0 N–H and O–H groups in total. The fourth-order valence-electron chi connectivity index (χ4n) is 2.25. The van der Waals surface area contributed by atoms with Crippen molar-refractivity contribution < 1.29 is 14.1 Å². The molecule has 1 unspecified atom stereocenters. The second-order valence-electron chi connectivity index (χ2n) is 6.43. The third-order valence-corrected chi connectivity index (χ3v) is 4.13. The fraction of sp³-hybridized carbons (Fsp3) is 0.929. The Morgan fingerprint density at radius 1 is 1.17 bits per heavy atom. The number of carbonyl (C=O) groups is 1. The predicted molar refractivity (Wildman–Crippen MR) is 74.7 cm³/mol. The minimum absolute atomic E-state index is 0.184. The van der Waals surface area contributed by atoms with E-state index in [0.29, 0.717) is 6.42 Å². The molecule has 0 saturated carbocycles. The van der Waals surface area contributed by atoms with Gasteiger partial charge in [0.25, 0.3) is 0 Å². The maximum Gasteiger partial charge on any atom is 0.461 e. The Balaban J connectivity index is 2.72. The van der Waals surface area contributed by atoms with Crippen LogP contribution >= 0.6 is 0 Å². The van der Waals surface area contributed by atoms with E-state index < -0.39 is 0 Å². The second kappa shape index (κ2) is 5.75. The number of hydrogen-bond acceptors (Lipinski definition) is 3. The van der Waals surface area contributed by atoms with Crippen molar-refractivity contribution in [3.8, 4) is 0 Å². The first kappa shape index (κ1) is 15.7. The molecule has 0 aliphatic carbocycles. The van der Waals surface area contributed by atoms with Gasteiger partial charge in [-0.1, -0.05) is 26.2 Å². The van der Waals surface area contributed by atoms with Gasteiger partial charge >= 0.3 is 7.12 Å². The Bertz CT molecular complexity index is 283. The second-order valence-corrected chi connectivity index (χ2v) is 6.43. The van der Waals surface area contributed by atoms with Crippen LogP contribution in [0, 0.1) is 0 Å². The van der Waals surface area contributed by atoms with E-state index in [9.17, 15) is 4.79 Å². The van der Waals surface area contributed by atoms with Gasteiger partial charge in [-0.25, -0.2) is 0 Å². The molecule has 0 spiro atoms. The van der Waals surface area contributed by atoms with E-state index in [0.717, 1.165) is 19.3 Å². The average Bonchev–Trinajstić information content (AvgIpc) is 2.42. The van der Waals surface area contributed by atoms with Crippen molar-refractivity contribution in [3.05, 3.63) is 0 Å². The first-order chi connectivity index (χ1) is 8.19. The van der Waals surface area contributed by atoms with Crippen LogP contribution in [0.3, 0.4) is 0 Å². The van der Waals surface area contributed by atoms with Crippen molar-refractivity contribution in [2.45, 2.75) is 84.2 Å². The topological polar surface area (TPSA) is 35.5 Å². The van der Waals surface area contributed by atoms with Gasteiger partial charge in [-0.2, -0.15) is 0 Å². The van der Waals surface area contributed by atoms with Crippen LogP contribution in [0.15, 0.2) is 0 Å². The van der Waals surface area contributed by atoms with Crippen LogP contribution in [0.1, 0.15) is 67.2 Å². The lowest BCUT2D eigenvalue weighted by Gasteiger charge is -2.32. The molecule has 0 amide bonds. The number of ketones is 1. The van der Waals surface area contributed by atoms with E-state index in [-0.39, 0.29) is 29.9 Å². The zero-order chi connectivity index (χ0) is 14.0. The molecule has 0 bridgehead atoms. The van der Waals surface area contributed by atoms with E-state index in [1.165, 1.54) is 0 Å². The SMILES string of the molecule is CCCCC(CC(C)=O)B1OC(C)(C)C(C)(C)O1. The summed E-state index contributed by atoms with van der Waals surface area (Å²) in [5, 5.41) is 0. The highest BCUT2D eigenvalue weighted by Gasteiger charge is 2.53. The van der Waals surface area contributed by atoms with Crippen molar-refractivity contribution in [1.82, 2.24) is 0 Å². The lowest BCUT2D eigenvalue weighted by molar-refractivity contribution is -0.117. The first-order valence-electron chi connectivity index (χ1n) is 7.04. The average molecular weight is 254 g/mol. The van der Waals surface area contributed by atoms with Crippen LogP contribution in [-0.2, 0) is 14.1 Å². The summed E-state index contributed by atoms with van der Waals surface area (Å²) in [4.78, 5) is 11.4. The molecule has 0 aromatic rings. The van der Waals surface area contributed by atoms with Crippen LogP contribution in [0.2, 0.25) is 5.82 Å². The largest absolute Gasteiger partial charge is 0.461 e. The number of carbonyl (C=O) groups excluding carboxylic acids is 1. The molecular weight excluding hydrogens is 227 g/mol. The van der Waals surface area contributed by atoms with Gasteiger partial charge in [0.1, 0.15) is 5.78 Å². The smallest absolute Gasteiger partial charge is 0.403 e. The molecule has 1 fully saturated rings. The maximum atomic E-state index is 11.4. The Hall–Kier alpha value is -0.345. The summed E-state index contributed by atoms with van der Waals surface area (Å²) >= 11 is 0. The lowest BCUT2D eigenvalue weighted by atomic mass is 9.67. The van der Waals surface area contributed by atoms with E-state index in [1.54, 1.807) is 6.92 Å². The summed E-state index contributed by atoms with van der Waals surface area (Å²) < 4.78 is 12.1. The normalized spacial score (nSPS) is 23.1. The molecule has 18 heavy (non-hydrogen) atoms. The summed E-state index contributed by atoms with van der Waals surface area (Å²) in [6.07, 6.45) is 3.79. The van der Waals surface area contributed by atoms with Crippen LogP contribution in [0.5, 0.6) is 0 Å². The molecule has 1 saturated heterocycles. The van der Waals surface area contributed by atoms with Crippen LogP contribution in [0.4, 0.5) is 0 Å². The van der Waals surface area contributed by atoms with Crippen molar-refractivity contribution >= 4 is 12.9 Å². The van der Waals surface area contributed by atoms with E-state index >= 15 is 0 Å². The highest BCUT2D eigenvalue weighted by molar-refractivity contribution is 6.47. The molecule has 1 rings (SSSR count). The summed E-state index contributed by atoms with van der Waals surface area (Å²) in [5.74, 6) is 0.398. The van der Waals surface area contributed by atoms with Crippen molar-refractivity contribution in [3.63, 3.8) is 0 Å². The van der Waals surface area contributed by atoms with Crippen molar-refractivity contribution in [1.29, 1.82) is 0 Å². The number of unbranched alkanes of at least 4 members (excludes halogenated alkanes) is 1. The first-order valence-corrected chi connectivity index (χ1v) is 7.04. The molecule has 104 valence electrons. The lowest BCUT2D eigenvalue weighted by Crippen LogP contribution is -2.41. The number of rotatable bonds is 6. The third-order valence-electron chi connectivity index (χ3n) is 4.13. The van der Waals surface area contributed by atoms with Crippen molar-refractivity contribution in [2.75, 3.05) is 0 Å². The van der Waals surface area contributed by atoms with E-state index in [1.807, 2.05) is 0 Å². The molecule has 0 radical (unpaired) electrons. The number of Topliss-reactive ketones (excluding diaryl/α,β-unsaturated/α-hetero) is 1. The maximum absolute atomic E-state index is 11.4. The fourth-order valence-corrected chi connectivity index (χ4v) is 2.25. The summed E-state index contributed by atoms with van der Waals surface area (Å²) in [7, 11) is -0.245. The zero-order valence-electron chi connectivity index (χ0n) is 12.7. The Labute approximate surface area is 112 Å². The minimum atomic E-state index is -0.307. The van der Waals surface area contributed by atoms with E-state index in [2.05, 4.69) is 34.6 Å². The molecule has 0 aromatic carbocycles. The minimum Gasteiger partial charge on any atom is -0.403 e. The van der Waals surface area contributed by atoms with E-state index in [4.69, 9.17) is 9.31 Å². The van der Waals surface area contributed by atoms with Gasteiger partial charge in [0.2, 0.25) is 0 Å².